The maximum Gasteiger partial charge on any atom is 0.229 e. The number of nitrogens with zero attached hydrogens (tertiary/aromatic N) is 1. The van der Waals surface area contributed by atoms with Gasteiger partial charge in [-0.25, -0.2) is 0 Å². The van der Waals surface area contributed by atoms with Crippen molar-refractivity contribution in [3.05, 3.63) is 59.7 Å². The van der Waals surface area contributed by atoms with Gasteiger partial charge in [-0.3, -0.25) is 4.79 Å². The molecule has 0 bridgehead atoms. The number of carbonyl (C=O) groups is 1. The molecule has 1 amide bonds. The normalized spacial score (nSPS) is 11.9. The number of benzene rings is 2. The highest BCUT2D eigenvalue weighted by atomic mass is 16.3. The lowest BCUT2D eigenvalue weighted by atomic mass is 9.99. The molecule has 0 saturated carbocycles. The third-order valence-electron chi connectivity index (χ3n) is 3.56. The zero-order valence-electron chi connectivity index (χ0n) is 12.3. The molecule has 0 saturated heterocycles. The van der Waals surface area contributed by atoms with Crippen LogP contribution in [-0.4, -0.2) is 23.0 Å². The molecule has 0 radical (unpaired) electrons. The maximum absolute atomic E-state index is 12.5. The van der Waals surface area contributed by atoms with Crippen LogP contribution in [0.15, 0.2) is 48.5 Å². The van der Waals surface area contributed by atoms with Crippen molar-refractivity contribution in [2.24, 2.45) is 0 Å². The van der Waals surface area contributed by atoms with Crippen LogP contribution in [0.4, 0.5) is 5.69 Å². The molecule has 2 aromatic carbocycles. The predicted octanol–water partition coefficient (Wildman–Crippen LogP) is 2.74. The van der Waals surface area contributed by atoms with Gasteiger partial charge in [0.1, 0.15) is 5.75 Å². The molecule has 0 aliphatic rings. The Morgan fingerprint density at radius 3 is 2.62 bits per heavy atom. The van der Waals surface area contributed by atoms with Crippen molar-refractivity contribution >= 4 is 11.6 Å². The van der Waals surface area contributed by atoms with Gasteiger partial charge in [-0.05, 0) is 30.7 Å². The number of likely N-dealkylation sites (N-methyl/N-ethyl adjacent to an activating group) is 1. The quantitative estimate of drug-likeness (QED) is 0.848. The van der Waals surface area contributed by atoms with E-state index in [1.165, 1.54) is 0 Å². The molecule has 1 atom stereocenters. The number of phenols is 1. The minimum atomic E-state index is -0.274. The molecule has 1 unspecified atom stereocenters. The minimum absolute atomic E-state index is 0.0103. The minimum Gasteiger partial charge on any atom is -0.508 e. The van der Waals surface area contributed by atoms with Crippen LogP contribution in [0.5, 0.6) is 5.75 Å². The van der Waals surface area contributed by atoms with Crippen molar-refractivity contribution in [3.63, 3.8) is 0 Å². The number of anilines is 1. The average Bonchev–Trinajstić information content (AvgIpc) is 2.48. The summed E-state index contributed by atoms with van der Waals surface area (Å²) in [6.07, 6.45) is 0. The number of aromatic hydroxyl groups is 1. The molecule has 2 rings (SSSR count). The predicted molar refractivity (Wildman–Crippen MR) is 83.9 cm³/mol. The molecule has 110 valence electrons. The largest absolute Gasteiger partial charge is 0.508 e. The number of hydrogen-bond acceptors (Lipinski definition) is 3. The van der Waals surface area contributed by atoms with Crippen molar-refractivity contribution in [1.82, 2.24) is 4.90 Å². The van der Waals surface area contributed by atoms with Gasteiger partial charge >= 0.3 is 0 Å². The molecule has 4 nitrogen and oxygen atoms in total. The highest BCUT2D eigenvalue weighted by Crippen LogP contribution is 2.22. The van der Waals surface area contributed by atoms with Gasteiger partial charge in [0.15, 0.2) is 0 Å². The average molecular weight is 284 g/mol. The molecule has 0 aliphatic heterocycles. The number of nitrogen functional groups attached to an aromatic ring is 1. The van der Waals surface area contributed by atoms with Gasteiger partial charge in [-0.1, -0.05) is 30.3 Å². The van der Waals surface area contributed by atoms with Crippen molar-refractivity contribution in [2.75, 3.05) is 12.8 Å². The van der Waals surface area contributed by atoms with Crippen molar-refractivity contribution in [1.29, 1.82) is 0 Å². The molecule has 4 heteroatoms. The first-order chi connectivity index (χ1) is 9.99. The highest BCUT2D eigenvalue weighted by Gasteiger charge is 2.20. The second-order valence-electron chi connectivity index (χ2n) is 5.21. The molecule has 0 fully saturated rings. The third kappa shape index (κ3) is 3.54. The van der Waals surface area contributed by atoms with Crippen LogP contribution in [0.1, 0.15) is 24.0 Å². The molecule has 0 aliphatic carbocycles. The fraction of sp³-hybridized carbons (Fsp3) is 0.235. The third-order valence-corrected chi connectivity index (χ3v) is 3.56. The number of rotatable bonds is 4. The molecule has 2 aromatic rings. The van der Waals surface area contributed by atoms with Crippen molar-refractivity contribution in [2.45, 2.75) is 19.4 Å². The number of amides is 1. The summed E-state index contributed by atoms with van der Waals surface area (Å²) in [5, 5.41) is 9.78. The Hall–Kier alpha value is -2.49. The van der Waals surface area contributed by atoms with Gasteiger partial charge in [-0.2, -0.15) is 0 Å². The van der Waals surface area contributed by atoms with E-state index in [1.807, 2.05) is 37.3 Å². The molecular weight excluding hydrogens is 264 g/mol. The first kappa shape index (κ1) is 14.9. The number of nitrogens with two attached hydrogens (primary N) is 1. The summed E-state index contributed by atoms with van der Waals surface area (Å²) in [6.45, 7) is 2.23. The first-order valence-electron chi connectivity index (χ1n) is 6.86. The lowest BCUT2D eigenvalue weighted by Crippen LogP contribution is -2.30. The Morgan fingerprint density at radius 2 is 1.95 bits per heavy atom. The van der Waals surface area contributed by atoms with Crippen molar-refractivity contribution in [3.8, 4) is 5.75 Å². The van der Waals surface area contributed by atoms with Crippen LogP contribution in [0.25, 0.3) is 0 Å². The Labute approximate surface area is 124 Å². The SMILES string of the molecule is CC(C(=O)N(C)Cc1ccccc1O)c1cccc(N)c1. The number of phenolic OH excluding ortho intramolecular Hbond substituents is 1. The maximum atomic E-state index is 12.5. The first-order valence-corrected chi connectivity index (χ1v) is 6.86. The van der Waals surface area contributed by atoms with Gasteiger partial charge in [0.2, 0.25) is 5.91 Å². The van der Waals surface area contributed by atoms with E-state index in [-0.39, 0.29) is 17.6 Å². The van der Waals surface area contributed by atoms with Gasteiger partial charge in [-0.15, -0.1) is 0 Å². The van der Waals surface area contributed by atoms with E-state index in [9.17, 15) is 9.90 Å². The van der Waals surface area contributed by atoms with Crippen LogP contribution >= 0.6 is 0 Å². The van der Waals surface area contributed by atoms with E-state index in [0.717, 1.165) is 11.1 Å². The van der Waals surface area contributed by atoms with Crippen LogP contribution in [-0.2, 0) is 11.3 Å². The highest BCUT2D eigenvalue weighted by molar-refractivity contribution is 5.83. The summed E-state index contributed by atoms with van der Waals surface area (Å²) in [6, 6.07) is 14.4. The van der Waals surface area contributed by atoms with E-state index in [0.29, 0.717) is 12.2 Å². The van der Waals surface area contributed by atoms with Crippen LogP contribution in [0.3, 0.4) is 0 Å². The zero-order chi connectivity index (χ0) is 15.4. The Morgan fingerprint density at radius 1 is 1.24 bits per heavy atom. The summed E-state index contributed by atoms with van der Waals surface area (Å²) in [5.74, 6) is -0.0815. The molecule has 3 N–H and O–H groups in total. The molecule has 21 heavy (non-hydrogen) atoms. The Bertz CT molecular complexity index is 640. The van der Waals surface area contributed by atoms with E-state index in [2.05, 4.69) is 0 Å². The number of hydrogen-bond donors (Lipinski definition) is 2. The zero-order valence-corrected chi connectivity index (χ0v) is 12.3. The molecular formula is C17H20N2O2. The summed E-state index contributed by atoms with van der Waals surface area (Å²) < 4.78 is 0. The Kier molecular flexibility index (Phi) is 4.48. The van der Waals surface area contributed by atoms with Crippen LogP contribution in [0.2, 0.25) is 0 Å². The fourth-order valence-corrected chi connectivity index (χ4v) is 2.28. The molecule has 0 heterocycles. The Balaban J connectivity index is 2.10. The van der Waals surface area contributed by atoms with Crippen molar-refractivity contribution < 1.29 is 9.90 Å². The van der Waals surface area contributed by atoms with Crippen LogP contribution < -0.4 is 5.73 Å². The standard InChI is InChI=1S/C17H20N2O2/c1-12(13-7-5-8-15(18)10-13)17(21)19(2)11-14-6-3-4-9-16(14)20/h3-10,12,20H,11,18H2,1-2H3. The topological polar surface area (TPSA) is 66.6 Å². The van der Waals surface area contributed by atoms with E-state index >= 15 is 0 Å². The summed E-state index contributed by atoms with van der Waals surface area (Å²) in [4.78, 5) is 14.1. The summed E-state index contributed by atoms with van der Waals surface area (Å²) in [5.41, 5.74) is 8.03. The van der Waals surface area contributed by atoms with Gasteiger partial charge in [0.25, 0.3) is 0 Å². The summed E-state index contributed by atoms with van der Waals surface area (Å²) in [7, 11) is 1.73. The smallest absolute Gasteiger partial charge is 0.229 e. The monoisotopic (exact) mass is 284 g/mol. The van der Waals surface area contributed by atoms with E-state index in [4.69, 9.17) is 5.73 Å². The van der Waals surface area contributed by atoms with Gasteiger partial charge in [0.05, 0.1) is 5.92 Å². The molecule has 0 aromatic heterocycles. The van der Waals surface area contributed by atoms with Gasteiger partial charge in [0, 0.05) is 24.8 Å². The fourth-order valence-electron chi connectivity index (χ4n) is 2.28. The number of para-hydroxylation sites is 1. The lowest BCUT2D eigenvalue weighted by molar-refractivity contribution is -0.131. The summed E-state index contributed by atoms with van der Waals surface area (Å²) >= 11 is 0. The second-order valence-corrected chi connectivity index (χ2v) is 5.21. The van der Waals surface area contributed by atoms with E-state index < -0.39 is 0 Å². The van der Waals surface area contributed by atoms with Crippen LogP contribution in [0, 0.1) is 0 Å². The van der Waals surface area contributed by atoms with E-state index in [1.54, 1.807) is 30.1 Å². The lowest BCUT2D eigenvalue weighted by Gasteiger charge is -2.22. The van der Waals surface area contributed by atoms with Gasteiger partial charge < -0.3 is 15.7 Å². The second kappa shape index (κ2) is 6.31. The molecule has 0 spiro atoms. The number of carbonyl (C=O) groups excluding carboxylic acids is 1.